The molecule has 10 nitrogen and oxygen atoms in total. The van der Waals surface area contributed by atoms with Crippen LogP contribution < -0.4 is 11.5 Å². The van der Waals surface area contributed by atoms with E-state index >= 15 is 0 Å². The van der Waals surface area contributed by atoms with Crippen molar-refractivity contribution in [3.63, 3.8) is 0 Å². The number of nitrogens with zero attached hydrogens (tertiary/aromatic N) is 8. The lowest BCUT2D eigenvalue weighted by molar-refractivity contribution is -0.141. The van der Waals surface area contributed by atoms with Gasteiger partial charge in [0.25, 0.3) is 0 Å². The number of benzene rings is 3. The Bertz CT molecular complexity index is 2750. The summed E-state index contributed by atoms with van der Waals surface area (Å²) in [5, 5.41) is 10.2. The summed E-state index contributed by atoms with van der Waals surface area (Å²) in [6.07, 6.45) is 1.80. The monoisotopic (exact) mass is 766 g/mol. The van der Waals surface area contributed by atoms with Crippen molar-refractivity contribution in [3.05, 3.63) is 136 Å². The molecule has 0 amide bonds. The molecule has 0 bridgehead atoms. The highest BCUT2D eigenvalue weighted by Crippen LogP contribution is 2.38. The number of halogens is 6. The van der Waals surface area contributed by atoms with Crippen LogP contribution in [0.2, 0.25) is 10.0 Å². The van der Waals surface area contributed by atoms with Crippen LogP contribution in [0.3, 0.4) is 0 Å². The number of hydrogen-bond donors (Lipinski definition) is 2. The number of nitriles is 1. The maximum Gasteiger partial charge on any atom is 0.433 e. The third kappa shape index (κ3) is 6.85. The summed E-state index contributed by atoms with van der Waals surface area (Å²) >= 11 is 12.4. The van der Waals surface area contributed by atoms with Gasteiger partial charge in [0, 0.05) is 62.8 Å². The Morgan fingerprint density at radius 2 is 1.30 bits per heavy atom. The third-order valence-electron chi connectivity index (χ3n) is 8.18. The van der Waals surface area contributed by atoms with Gasteiger partial charge in [-0.1, -0.05) is 47.5 Å². The molecule has 0 fully saturated rings. The van der Waals surface area contributed by atoms with Crippen LogP contribution in [0.1, 0.15) is 17.0 Å². The lowest BCUT2D eigenvalue weighted by atomic mass is 10.0. The fourth-order valence-corrected chi connectivity index (χ4v) is 6.52. The quantitative estimate of drug-likeness (QED) is 0.168. The highest BCUT2D eigenvalue weighted by atomic mass is 35.5. The van der Waals surface area contributed by atoms with E-state index in [2.05, 4.69) is 31.0 Å². The summed E-state index contributed by atoms with van der Waals surface area (Å²) in [4.78, 5) is 20.7. The first-order chi connectivity index (χ1) is 25.8. The Balaban J connectivity index is 0.000000167. The molecule has 4 N–H and O–H groups in total. The van der Waals surface area contributed by atoms with E-state index in [1.165, 1.54) is 48.0 Å². The molecule has 0 radical (unpaired) electrons. The van der Waals surface area contributed by atoms with Crippen molar-refractivity contribution in [2.24, 2.45) is 0 Å². The molecule has 5 heterocycles. The highest BCUT2D eigenvalue weighted by molar-refractivity contribution is 6.35. The molecule has 3 aromatic carbocycles. The van der Waals surface area contributed by atoms with Gasteiger partial charge < -0.3 is 11.5 Å². The molecule has 8 rings (SSSR count). The van der Waals surface area contributed by atoms with Crippen LogP contribution in [-0.4, -0.2) is 33.7 Å². The first kappa shape index (κ1) is 35.8. The largest absolute Gasteiger partial charge is 0.433 e. The molecule has 0 spiro atoms. The number of rotatable bonds is 4. The SMILES string of the molecule is Cc1cc(-c2c(-c3ccccc3F)nc(N)c3nccn23)cc(C(F)(F)F)n1.N#Cc1cccc(-c2nc(N)c3nccn3c2-c2cc(Cl)cc(Cl)c2)c1. The number of alkyl halides is 3. The lowest BCUT2D eigenvalue weighted by Crippen LogP contribution is -2.10. The van der Waals surface area contributed by atoms with E-state index in [1.807, 2.05) is 10.5 Å². The summed E-state index contributed by atoms with van der Waals surface area (Å²) in [6.45, 7) is 1.46. The van der Waals surface area contributed by atoms with Gasteiger partial charge in [-0.3, -0.25) is 8.80 Å². The van der Waals surface area contributed by atoms with Crippen LogP contribution in [0.25, 0.3) is 56.3 Å². The third-order valence-corrected chi connectivity index (χ3v) is 8.62. The number of hydrogen-bond acceptors (Lipinski definition) is 8. The molecular formula is C38H24Cl2F4N10. The first-order valence-electron chi connectivity index (χ1n) is 15.9. The number of imidazole rings is 2. The van der Waals surface area contributed by atoms with E-state index in [1.54, 1.807) is 54.9 Å². The van der Waals surface area contributed by atoms with Crippen LogP contribution in [0.4, 0.5) is 29.2 Å². The van der Waals surface area contributed by atoms with Gasteiger partial charge in [0.05, 0.1) is 28.7 Å². The van der Waals surface area contributed by atoms with E-state index < -0.39 is 17.7 Å². The summed E-state index contributed by atoms with van der Waals surface area (Å²) in [5.74, 6) is -0.241. The zero-order valence-electron chi connectivity index (χ0n) is 27.8. The van der Waals surface area contributed by atoms with Crippen molar-refractivity contribution in [1.29, 1.82) is 5.26 Å². The van der Waals surface area contributed by atoms with Gasteiger partial charge in [-0.15, -0.1) is 0 Å². The summed E-state index contributed by atoms with van der Waals surface area (Å²) < 4.78 is 57.7. The summed E-state index contributed by atoms with van der Waals surface area (Å²) in [5.41, 5.74) is 16.0. The topological polar surface area (TPSA) is 149 Å². The number of fused-ring (bicyclic) bond motifs is 2. The second-order valence-electron chi connectivity index (χ2n) is 11.8. The van der Waals surface area contributed by atoms with Crippen molar-refractivity contribution >= 4 is 46.1 Å². The van der Waals surface area contributed by atoms with Crippen molar-refractivity contribution in [3.8, 4) is 51.1 Å². The molecule has 0 aliphatic carbocycles. The number of aromatic nitrogens is 7. The average Bonchev–Trinajstić information content (AvgIpc) is 3.83. The van der Waals surface area contributed by atoms with E-state index in [-0.39, 0.29) is 39.7 Å². The van der Waals surface area contributed by atoms with Gasteiger partial charge in [-0.05, 0) is 61.5 Å². The maximum atomic E-state index is 14.5. The van der Waals surface area contributed by atoms with Crippen LogP contribution in [0.5, 0.6) is 0 Å². The van der Waals surface area contributed by atoms with Gasteiger partial charge in [0.1, 0.15) is 17.2 Å². The number of anilines is 2. The Morgan fingerprint density at radius 3 is 1.91 bits per heavy atom. The smallest absolute Gasteiger partial charge is 0.381 e. The highest BCUT2D eigenvalue weighted by Gasteiger charge is 2.34. The van der Waals surface area contributed by atoms with Crippen LogP contribution >= 0.6 is 23.2 Å². The van der Waals surface area contributed by atoms with Crippen LogP contribution in [-0.2, 0) is 6.18 Å². The average molecular weight is 768 g/mol. The second-order valence-corrected chi connectivity index (χ2v) is 12.7. The summed E-state index contributed by atoms with van der Waals surface area (Å²) in [7, 11) is 0. The molecule has 0 aliphatic heterocycles. The van der Waals surface area contributed by atoms with Crippen LogP contribution in [0.15, 0.2) is 104 Å². The molecule has 16 heteroatoms. The van der Waals surface area contributed by atoms with E-state index in [0.717, 1.165) is 22.9 Å². The molecule has 0 saturated heterocycles. The van der Waals surface area contributed by atoms with Crippen LogP contribution in [0, 0.1) is 24.1 Å². The molecule has 268 valence electrons. The predicted molar refractivity (Wildman–Crippen MR) is 199 cm³/mol. The molecule has 0 unspecified atom stereocenters. The van der Waals surface area contributed by atoms with E-state index in [0.29, 0.717) is 32.8 Å². The van der Waals surface area contributed by atoms with Crippen molar-refractivity contribution in [2.75, 3.05) is 11.5 Å². The van der Waals surface area contributed by atoms with Gasteiger partial charge in [0.15, 0.2) is 22.9 Å². The zero-order chi connectivity index (χ0) is 38.3. The second kappa shape index (κ2) is 14.1. The fraction of sp³-hybridized carbons (Fsp3) is 0.0526. The zero-order valence-corrected chi connectivity index (χ0v) is 29.3. The first-order valence-corrected chi connectivity index (χ1v) is 16.6. The Kier molecular flexibility index (Phi) is 9.36. The molecule has 5 aromatic heterocycles. The Labute approximate surface area is 313 Å². The van der Waals surface area contributed by atoms with Gasteiger partial charge in [0.2, 0.25) is 0 Å². The predicted octanol–water partition coefficient (Wildman–Crippen LogP) is 9.33. The van der Waals surface area contributed by atoms with E-state index in [9.17, 15) is 22.8 Å². The van der Waals surface area contributed by atoms with Crippen molar-refractivity contribution in [1.82, 2.24) is 33.7 Å². The molecule has 0 atom stereocenters. The molecule has 8 aromatic rings. The molecule has 0 saturated carbocycles. The van der Waals surface area contributed by atoms with Crippen molar-refractivity contribution in [2.45, 2.75) is 13.1 Å². The maximum absolute atomic E-state index is 14.5. The fourth-order valence-electron chi connectivity index (χ4n) is 5.99. The Morgan fingerprint density at radius 1 is 0.704 bits per heavy atom. The molecule has 54 heavy (non-hydrogen) atoms. The van der Waals surface area contributed by atoms with Gasteiger partial charge >= 0.3 is 6.18 Å². The number of nitrogen functional groups attached to an aromatic ring is 2. The minimum Gasteiger partial charge on any atom is -0.381 e. The Hall–Kier alpha value is -6.56. The normalized spacial score (nSPS) is 11.4. The molecular weight excluding hydrogens is 743 g/mol. The summed E-state index contributed by atoms with van der Waals surface area (Å²) in [6, 6.07) is 22.8. The lowest BCUT2D eigenvalue weighted by Gasteiger charge is -2.16. The van der Waals surface area contributed by atoms with E-state index in [4.69, 9.17) is 34.7 Å². The van der Waals surface area contributed by atoms with Crippen molar-refractivity contribution < 1.29 is 17.6 Å². The minimum atomic E-state index is -4.63. The van der Waals surface area contributed by atoms with Gasteiger partial charge in [-0.25, -0.2) is 29.3 Å². The molecule has 0 aliphatic rings. The number of aryl methyl sites for hydroxylation is 1. The minimum absolute atomic E-state index is 0.0359. The number of nitrogens with two attached hydrogens (primary N) is 2. The standard InChI is InChI=1S/C19H11Cl2N5.C19H13F4N5/c20-14-7-13(8-15(21)9-14)17-16(12-3-1-2-11(6-12)10-22)25-18(23)19-24-4-5-26(17)19;1-10-8-11(9-14(26-10)19(21,22)23)16-15(12-4-2-3-5-13(12)20)27-17(24)18-25-6-7-28(16)18/h1-9H,(H2,23,25);2-9H,1H3,(H2,24,27). The number of pyridine rings is 1. The van der Waals surface area contributed by atoms with Gasteiger partial charge in [-0.2, -0.15) is 18.4 Å².